The number of carbonyl (C=O) groups is 1. The third-order valence-electron chi connectivity index (χ3n) is 1.86. The molecular weight excluding hydrogens is 214 g/mol. The van der Waals surface area contributed by atoms with Crippen LogP contribution in [-0.4, -0.2) is 11.1 Å². The third-order valence-corrected chi connectivity index (χ3v) is 2.26. The minimum Gasteiger partial charge on any atom is -0.481 e. The molecule has 1 aromatic carbocycles. The minimum absolute atomic E-state index is 0.0586. The summed E-state index contributed by atoms with van der Waals surface area (Å²) in [5.74, 6) is -4.01. The van der Waals surface area contributed by atoms with Gasteiger partial charge in [-0.15, -0.1) is 0 Å². The molecular formula is C9H7ClF2O2. The third kappa shape index (κ3) is 2.01. The SMILES string of the molecule is CC(C(=O)O)c1cc(F)cc(F)c1Cl. The van der Waals surface area contributed by atoms with Gasteiger partial charge in [-0.25, -0.2) is 8.78 Å². The number of carboxylic acids is 1. The number of aliphatic carboxylic acids is 1. The monoisotopic (exact) mass is 220 g/mol. The summed E-state index contributed by atoms with van der Waals surface area (Å²) in [4.78, 5) is 10.6. The molecule has 0 spiro atoms. The molecule has 0 aliphatic carbocycles. The van der Waals surface area contributed by atoms with E-state index in [1.807, 2.05) is 0 Å². The van der Waals surface area contributed by atoms with Crippen LogP contribution in [0.5, 0.6) is 0 Å². The second-order valence-corrected chi connectivity index (χ2v) is 3.23. The molecule has 5 heteroatoms. The van der Waals surface area contributed by atoms with Crippen molar-refractivity contribution in [3.63, 3.8) is 0 Å². The van der Waals surface area contributed by atoms with E-state index in [1.165, 1.54) is 6.92 Å². The Morgan fingerprint density at radius 3 is 2.57 bits per heavy atom. The Bertz CT molecular complexity index is 379. The van der Waals surface area contributed by atoms with Crippen molar-refractivity contribution in [2.45, 2.75) is 12.8 Å². The summed E-state index contributed by atoms with van der Waals surface area (Å²) in [6.07, 6.45) is 0. The largest absolute Gasteiger partial charge is 0.481 e. The lowest BCUT2D eigenvalue weighted by Gasteiger charge is -2.09. The molecule has 1 unspecified atom stereocenters. The zero-order chi connectivity index (χ0) is 10.9. The molecule has 1 atom stereocenters. The van der Waals surface area contributed by atoms with Gasteiger partial charge in [0.25, 0.3) is 0 Å². The van der Waals surface area contributed by atoms with Gasteiger partial charge in [-0.2, -0.15) is 0 Å². The first-order valence-corrected chi connectivity index (χ1v) is 4.18. The number of hydrogen-bond acceptors (Lipinski definition) is 1. The van der Waals surface area contributed by atoms with Gasteiger partial charge in [0.15, 0.2) is 0 Å². The van der Waals surface area contributed by atoms with Crippen LogP contribution in [0.1, 0.15) is 18.4 Å². The topological polar surface area (TPSA) is 37.3 Å². The van der Waals surface area contributed by atoms with Crippen molar-refractivity contribution in [1.82, 2.24) is 0 Å². The zero-order valence-corrected chi connectivity index (χ0v) is 7.98. The van der Waals surface area contributed by atoms with E-state index in [0.29, 0.717) is 6.07 Å². The fourth-order valence-corrected chi connectivity index (χ4v) is 1.30. The smallest absolute Gasteiger partial charge is 0.310 e. The molecule has 0 amide bonds. The van der Waals surface area contributed by atoms with Gasteiger partial charge < -0.3 is 5.11 Å². The zero-order valence-electron chi connectivity index (χ0n) is 7.22. The number of carboxylic acid groups (broad SMARTS) is 1. The molecule has 1 N–H and O–H groups in total. The van der Waals surface area contributed by atoms with E-state index in [4.69, 9.17) is 16.7 Å². The molecule has 0 radical (unpaired) electrons. The lowest BCUT2D eigenvalue weighted by atomic mass is 10.0. The standard InChI is InChI=1S/C9H7ClF2O2/c1-4(9(13)14)6-2-5(11)3-7(12)8(6)10/h2-4H,1H3,(H,13,14). The summed E-state index contributed by atoms with van der Waals surface area (Å²) in [7, 11) is 0. The summed E-state index contributed by atoms with van der Waals surface area (Å²) >= 11 is 5.50. The maximum Gasteiger partial charge on any atom is 0.310 e. The van der Waals surface area contributed by atoms with Crippen LogP contribution in [0.2, 0.25) is 5.02 Å². The van der Waals surface area contributed by atoms with Crippen molar-refractivity contribution in [3.8, 4) is 0 Å². The van der Waals surface area contributed by atoms with Gasteiger partial charge in [0.1, 0.15) is 11.6 Å². The molecule has 76 valence electrons. The Labute approximate surface area is 84.1 Å². The molecule has 1 rings (SSSR count). The van der Waals surface area contributed by atoms with E-state index in [1.54, 1.807) is 0 Å². The van der Waals surface area contributed by atoms with Crippen LogP contribution in [0.25, 0.3) is 0 Å². The number of rotatable bonds is 2. The molecule has 0 saturated heterocycles. The Kier molecular flexibility index (Phi) is 3.06. The van der Waals surface area contributed by atoms with E-state index in [9.17, 15) is 13.6 Å². The molecule has 0 aromatic heterocycles. The summed E-state index contributed by atoms with van der Waals surface area (Å²) in [5, 5.41) is 8.29. The molecule has 2 nitrogen and oxygen atoms in total. The molecule has 1 aromatic rings. The predicted molar refractivity (Wildman–Crippen MR) is 47.4 cm³/mol. The van der Waals surface area contributed by atoms with E-state index in [2.05, 4.69) is 0 Å². The van der Waals surface area contributed by atoms with Gasteiger partial charge in [0.2, 0.25) is 0 Å². The van der Waals surface area contributed by atoms with Crippen molar-refractivity contribution >= 4 is 17.6 Å². The van der Waals surface area contributed by atoms with E-state index < -0.39 is 23.5 Å². The molecule has 0 heterocycles. The summed E-state index contributed by atoms with van der Waals surface area (Å²) < 4.78 is 25.6. The quantitative estimate of drug-likeness (QED) is 0.779. The van der Waals surface area contributed by atoms with Crippen LogP contribution in [-0.2, 0) is 4.79 Å². The Balaban J connectivity index is 3.26. The highest BCUT2D eigenvalue weighted by atomic mass is 35.5. The van der Waals surface area contributed by atoms with E-state index in [0.717, 1.165) is 6.07 Å². The normalized spacial score (nSPS) is 12.6. The highest BCUT2D eigenvalue weighted by Gasteiger charge is 2.20. The van der Waals surface area contributed by atoms with Crippen LogP contribution in [0.15, 0.2) is 12.1 Å². The highest BCUT2D eigenvalue weighted by molar-refractivity contribution is 6.31. The fraction of sp³-hybridized carbons (Fsp3) is 0.222. The van der Waals surface area contributed by atoms with Crippen LogP contribution in [0.3, 0.4) is 0 Å². The van der Waals surface area contributed by atoms with Gasteiger partial charge in [0, 0.05) is 6.07 Å². The van der Waals surface area contributed by atoms with Crippen molar-refractivity contribution < 1.29 is 18.7 Å². The molecule has 14 heavy (non-hydrogen) atoms. The fourth-order valence-electron chi connectivity index (χ4n) is 1.02. The first-order chi connectivity index (χ1) is 6.43. The van der Waals surface area contributed by atoms with Gasteiger partial charge in [0.05, 0.1) is 10.9 Å². The predicted octanol–water partition coefficient (Wildman–Crippen LogP) is 2.81. The minimum atomic E-state index is -1.18. The van der Waals surface area contributed by atoms with Crippen LogP contribution in [0, 0.1) is 11.6 Å². The van der Waals surface area contributed by atoms with Crippen molar-refractivity contribution in [2.75, 3.05) is 0 Å². The second-order valence-electron chi connectivity index (χ2n) is 2.85. The number of benzene rings is 1. The summed E-state index contributed by atoms with van der Waals surface area (Å²) in [6, 6.07) is 1.53. The molecule has 0 saturated carbocycles. The average molecular weight is 221 g/mol. The van der Waals surface area contributed by atoms with Gasteiger partial charge >= 0.3 is 5.97 Å². The van der Waals surface area contributed by atoms with Crippen LogP contribution in [0.4, 0.5) is 8.78 Å². The number of halogens is 3. The Morgan fingerprint density at radius 1 is 1.50 bits per heavy atom. The molecule has 0 bridgehead atoms. The van der Waals surface area contributed by atoms with E-state index in [-0.39, 0.29) is 10.6 Å². The number of hydrogen-bond donors (Lipinski definition) is 1. The van der Waals surface area contributed by atoms with Gasteiger partial charge in [-0.1, -0.05) is 11.6 Å². The van der Waals surface area contributed by atoms with Crippen molar-refractivity contribution in [3.05, 3.63) is 34.4 Å². The second kappa shape index (κ2) is 3.92. The average Bonchev–Trinajstić information content (AvgIpc) is 2.09. The van der Waals surface area contributed by atoms with Crippen molar-refractivity contribution in [1.29, 1.82) is 0 Å². The van der Waals surface area contributed by atoms with Crippen LogP contribution < -0.4 is 0 Å². The lowest BCUT2D eigenvalue weighted by Crippen LogP contribution is -2.09. The highest BCUT2D eigenvalue weighted by Crippen LogP contribution is 2.28. The van der Waals surface area contributed by atoms with Crippen molar-refractivity contribution in [2.24, 2.45) is 0 Å². The van der Waals surface area contributed by atoms with E-state index >= 15 is 0 Å². The van der Waals surface area contributed by atoms with Gasteiger partial charge in [-0.3, -0.25) is 4.79 Å². The summed E-state index contributed by atoms with van der Waals surface area (Å²) in [6.45, 7) is 1.31. The first-order valence-electron chi connectivity index (χ1n) is 3.80. The molecule has 0 aliphatic heterocycles. The lowest BCUT2D eigenvalue weighted by molar-refractivity contribution is -0.138. The molecule has 0 fully saturated rings. The summed E-state index contributed by atoms with van der Waals surface area (Å²) in [5.41, 5.74) is -0.0586. The molecule has 0 aliphatic rings. The van der Waals surface area contributed by atoms with Gasteiger partial charge in [-0.05, 0) is 18.6 Å². The maximum absolute atomic E-state index is 12.9. The Morgan fingerprint density at radius 2 is 2.07 bits per heavy atom. The first kappa shape index (κ1) is 10.9. The Hall–Kier alpha value is -1.16. The van der Waals surface area contributed by atoms with Crippen LogP contribution >= 0.6 is 11.6 Å². The maximum atomic E-state index is 12.9.